The molecular formula is C25H30N4O3. The third-order valence-corrected chi connectivity index (χ3v) is 5.65. The van der Waals surface area contributed by atoms with Gasteiger partial charge in [0.25, 0.3) is 0 Å². The summed E-state index contributed by atoms with van der Waals surface area (Å²) >= 11 is 0. The molecule has 32 heavy (non-hydrogen) atoms. The monoisotopic (exact) mass is 434 g/mol. The molecule has 1 heterocycles. The molecule has 0 atom stereocenters. The van der Waals surface area contributed by atoms with Crippen LogP contribution in [0.4, 0.5) is 5.82 Å². The van der Waals surface area contributed by atoms with Crippen LogP contribution in [0.5, 0.6) is 11.5 Å². The second-order valence-electron chi connectivity index (χ2n) is 8.28. The number of nitrogens with one attached hydrogen (secondary N) is 1. The predicted octanol–water partition coefficient (Wildman–Crippen LogP) is 4.11. The number of hydrogen-bond donors (Lipinski definition) is 1. The first-order valence-electron chi connectivity index (χ1n) is 10.9. The maximum atomic E-state index is 13.0. The van der Waals surface area contributed by atoms with Gasteiger partial charge in [0.15, 0.2) is 0 Å². The van der Waals surface area contributed by atoms with Crippen molar-refractivity contribution >= 4 is 11.7 Å². The Morgan fingerprint density at radius 2 is 1.84 bits per heavy atom. The first-order chi connectivity index (χ1) is 15.5. The summed E-state index contributed by atoms with van der Waals surface area (Å²) in [7, 11) is 3.31. The topological polar surface area (TPSA) is 68.6 Å². The molecule has 1 N–H and O–H groups in total. The maximum absolute atomic E-state index is 13.0. The summed E-state index contributed by atoms with van der Waals surface area (Å²) in [6.07, 6.45) is 2.19. The third kappa shape index (κ3) is 5.11. The average Bonchev–Trinajstić information content (AvgIpc) is 3.57. The zero-order valence-corrected chi connectivity index (χ0v) is 19.1. The molecule has 1 aliphatic rings. The van der Waals surface area contributed by atoms with Crippen LogP contribution in [-0.4, -0.2) is 47.4 Å². The maximum Gasteiger partial charge on any atom is 0.239 e. The van der Waals surface area contributed by atoms with Crippen LogP contribution in [0.1, 0.15) is 29.7 Å². The van der Waals surface area contributed by atoms with E-state index in [1.54, 1.807) is 18.9 Å². The van der Waals surface area contributed by atoms with E-state index in [1.165, 1.54) is 5.56 Å². The number of anilines is 1. The summed E-state index contributed by atoms with van der Waals surface area (Å²) in [5, 5.41) is 7.62. The molecule has 0 saturated heterocycles. The van der Waals surface area contributed by atoms with Gasteiger partial charge in [-0.25, -0.2) is 4.68 Å². The Balaban J connectivity index is 1.49. The van der Waals surface area contributed by atoms with E-state index in [-0.39, 0.29) is 5.91 Å². The molecule has 2 aromatic carbocycles. The molecule has 3 aromatic rings. The minimum atomic E-state index is -0.0629. The highest BCUT2D eigenvalue weighted by Gasteiger charge is 2.31. The highest BCUT2D eigenvalue weighted by Crippen LogP contribution is 2.32. The van der Waals surface area contributed by atoms with Crippen LogP contribution in [0.2, 0.25) is 0 Å². The number of rotatable bonds is 9. The first kappa shape index (κ1) is 21.9. The highest BCUT2D eigenvalue weighted by molar-refractivity contribution is 5.91. The van der Waals surface area contributed by atoms with Gasteiger partial charge in [-0.3, -0.25) is 9.69 Å². The van der Waals surface area contributed by atoms with Crippen molar-refractivity contribution in [1.29, 1.82) is 0 Å². The van der Waals surface area contributed by atoms with Crippen LogP contribution >= 0.6 is 0 Å². The third-order valence-electron chi connectivity index (χ3n) is 5.65. The molecule has 7 heteroatoms. The molecule has 1 aromatic heterocycles. The number of carbonyl (C=O) groups is 1. The van der Waals surface area contributed by atoms with Crippen molar-refractivity contribution in [2.45, 2.75) is 39.3 Å². The summed E-state index contributed by atoms with van der Waals surface area (Å²) < 4.78 is 12.7. The molecule has 0 radical (unpaired) electrons. The lowest BCUT2D eigenvalue weighted by Crippen LogP contribution is -2.35. The Morgan fingerprint density at radius 3 is 2.50 bits per heavy atom. The molecule has 1 saturated carbocycles. The molecule has 0 bridgehead atoms. The van der Waals surface area contributed by atoms with Crippen molar-refractivity contribution in [2.75, 3.05) is 26.1 Å². The van der Waals surface area contributed by atoms with Crippen LogP contribution < -0.4 is 14.8 Å². The fourth-order valence-corrected chi connectivity index (χ4v) is 3.82. The molecule has 0 unspecified atom stereocenters. The molecule has 1 amide bonds. The van der Waals surface area contributed by atoms with Gasteiger partial charge in [-0.1, -0.05) is 17.7 Å². The van der Waals surface area contributed by atoms with Crippen LogP contribution in [-0.2, 0) is 11.3 Å². The molecule has 1 fully saturated rings. The summed E-state index contributed by atoms with van der Waals surface area (Å²) in [6.45, 7) is 4.88. The Bertz CT molecular complexity index is 1090. The van der Waals surface area contributed by atoms with E-state index in [4.69, 9.17) is 9.47 Å². The number of carbonyl (C=O) groups excluding carboxylic acids is 1. The summed E-state index contributed by atoms with van der Waals surface area (Å²) in [6, 6.07) is 16.1. The van der Waals surface area contributed by atoms with E-state index in [9.17, 15) is 4.79 Å². The van der Waals surface area contributed by atoms with Gasteiger partial charge >= 0.3 is 0 Å². The lowest BCUT2D eigenvalue weighted by Gasteiger charge is -2.23. The van der Waals surface area contributed by atoms with E-state index >= 15 is 0 Å². The zero-order valence-electron chi connectivity index (χ0n) is 19.1. The lowest BCUT2D eigenvalue weighted by atomic mass is 10.1. The number of aromatic nitrogens is 2. The quantitative estimate of drug-likeness (QED) is 0.549. The van der Waals surface area contributed by atoms with E-state index in [1.807, 2.05) is 62.4 Å². The molecule has 4 rings (SSSR count). The number of aryl methyl sites for hydroxylation is 2. The van der Waals surface area contributed by atoms with Crippen molar-refractivity contribution in [2.24, 2.45) is 0 Å². The van der Waals surface area contributed by atoms with E-state index in [2.05, 4.69) is 15.3 Å². The Kier molecular flexibility index (Phi) is 6.46. The number of ether oxygens (including phenoxy) is 2. The number of methoxy groups -OCH3 is 2. The smallest absolute Gasteiger partial charge is 0.239 e. The van der Waals surface area contributed by atoms with Crippen LogP contribution in [0.25, 0.3) is 5.69 Å². The van der Waals surface area contributed by atoms with Crippen LogP contribution in [0.3, 0.4) is 0 Å². The zero-order chi connectivity index (χ0) is 22.7. The second-order valence-corrected chi connectivity index (χ2v) is 8.28. The van der Waals surface area contributed by atoms with Crippen LogP contribution in [0.15, 0.2) is 48.5 Å². The number of hydrogen-bond acceptors (Lipinski definition) is 5. The summed E-state index contributed by atoms with van der Waals surface area (Å²) in [5.41, 5.74) is 3.95. The standard InChI is InChI=1S/C25H30N4O3/c1-17-5-7-21(8-6-17)29-24(13-18(2)27-29)26-25(30)16-28(20-9-10-20)15-19-14-22(31-3)11-12-23(19)32-4/h5-8,11-14,20H,9-10,15-16H2,1-4H3,(H,26,30). The summed E-state index contributed by atoms with van der Waals surface area (Å²) in [5.74, 6) is 2.18. The van der Waals surface area contributed by atoms with Crippen molar-refractivity contribution in [1.82, 2.24) is 14.7 Å². The largest absolute Gasteiger partial charge is 0.497 e. The van der Waals surface area contributed by atoms with Gasteiger partial charge < -0.3 is 14.8 Å². The van der Waals surface area contributed by atoms with Crippen molar-refractivity contribution in [3.8, 4) is 17.2 Å². The van der Waals surface area contributed by atoms with Gasteiger partial charge in [0, 0.05) is 24.2 Å². The number of benzene rings is 2. The Morgan fingerprint density at radius 1 is 1.09 bits per heavy atom. The normalized spacial score (nSPS) is 13.3. The fourth-order valence-electron chi connectivity index (χ4n) is 3.82. The summed E-state index contributed by atoms with van der Waals surface area (Å²) in [4.78, 5) is 15.2. The second kappa shape index (κ2) is 9.44. The number of amides is 1. The van der Waals surface area contributed by atoms with Gasteiger partial charge in [-0.15, -0.1) is 0 Å². The molecule has 1 aliphatic carbocycles. The van der Waals surface area contributed by atoms with E-state index in [0.29, 0.717) is 24.9 Å². The first-order valence-corrected chi connectivity index (χ1v) is 10.9. The SMILES string of the molecule is COc1ccc(OC)c(CN(CC(=O)Nc2cc(C)nn2-c2ccc(C)cc2)C2CC2)c1. The predicted molar refractivity (Wildman–Crippen MR) is 125 cm³/mol. The molecule has 0 spiro atoms. The minimum absolute atomic E-state index is 0.0629. The Labute approximate surface area is 188 Å². The van der Waals surface area contributed by atoms with E-state index < -0.39 is 0 Å². The van der Waals surface area contributed by atoms with Crippen LogP contribution in [0, 0.1) is 13.8 Å². The molecule has 7 nitrogen and oxygen atoms in total. The van der Waals surface area contributed by atoms with Gasteiger partial charge in [0.1, 0.15) is 17.3 Å². The molecule has 0 aliphatic heterocycles. The lowest BCUT2D eigenvalue weighted by molar-refractivity contribution is -0.117. The van der Waals surface area contributed by atoms with E-state index in [0.717, 1.165) is 41.3 Å². The van der Waals surface area contributed by atoms with Crippen molar-refractivity contribution in [3.05, 3.63) is 65.4 Å². The average molecular weight is 435 g/mol. The van der Waals surface area contributed by atoms with Gasteiger partial charge in [-0.2, -0.15) is 5.10 Å². The van der Waals surface area contributed by atoms with Crippen molar-refractivity contribution < 1.29 is 14.3 Å². The molecule has 168 valence electrons. The Hall–Kier alpha value is -3.32. The minimum Gasteiger partial charge on any atom is -0.497 e. The number of nitrogens with zero attached hydrogens (tertiary/aromatic N) is 3. The van der Waals surface area contributed by atoms with Gasteiger partial charge in [-0.05, 0) is 57.0 Å². The van der Waals surface area contributed by atoms with Gasteiger partial charge in [0.2, 0.25) is 5.91 Å². The molecular weight excluding hydrogens is 404 g/mol. The fraction of sp³-hybridized carbons (Fsp3) is 0.360. The van der Waals surface area contributed by atoms with Gasteiger partial charge in [0.05, 0.1) is 32.1 Å². The highest BCUT2D eigenvalue weighted by atomic mass is 16.5. The van der Waals surface area contributed by atoms with Crippen molar-refractivity contribution in [3.63, 3.8) is 0 Å².